The van der Waals surface area contributed by atoms with Crippen LogP contribution >= 0.6 is 0 Å². The van der Waals surface area contributed by atoms with Crippen LogP contribution in [0.5, 0.6) is 0 Å². The molecule has 0 aliphatic carbocycles. The topological polar surface area (TPSA) is 55.1 Å². The van der Waals surface area contributed by atoms with Gasteiger partial charge in [-0.1, -0.05) is 54.6 Å². The lowest BCUT2D eigenvalue weighted by Gasteiger charge is -2.24. The first kappa shape index (κ1) is 15.3. The molecule has 110 valence electrons. The molecule has 0 saturated heterocycles. The summed E-state index contributed by atoms with van der Waals surface area (Å²) in [7, 11) is 0. The van der Waals surface area contributed by atoms with Gasteiger partial charge in [-0.3, -0.25) is 4.79 Å². The Morgan fingerprint density at radius 2 is 1.57 bits per heavy atom. The summed E-state index contributed by atoms with van der Waals surface area (Å²) >= 11 is 0. The Kier molecular flexibility index (Phi) is 4.76. The van der Waals surface area contributed by atoms with Gasteiger partial charge in [-0.15, -0.1) is 0 Å². The van der Waals surface area contributed by atoms with Crippen LogP contribution in [0.15, 0.2) is 54.6 Å². The number of carbonyl (C=O) groups is 1. The first-order valence-electron chi connectivity index (χ1n) is 7.16. The van der Waals surface area contributed by atoms with Crippen LogP contribution in [0.3, 0.4) is 0 Å². The highest BCUT2D eigenvalue weighted by atomic mass is 16.2. The van der Waals surface area contributed by atoms with E-state index in [0.29, 0.717) is 13.1 Å². The second-order valence-corrected chi connectivity index (χ2v) is 5.65. The van der Waals surface area contributed by atoms with Crippen molar-refractivity contribution in [3.05, 3.63) is 71.3 Å². The summed E-state index contributed by atoms with van der Waals surface area (Å²) in [5.74, 6) is 0.0144. The molecule has 2 rings (SSSR count). The summed E-state index contributed by atoms with van der Waals surface area (Å²) in [5.41, 5.74) is 8.31. The van der Waals surface area contributed by atoms with Crippen molar-refractivity contribution in [1.82, 2.24) is 5.32 Å². The van der Waals surface area contributed by atoms with E-state index in [1.54, 1.807) is 0 Å². The number of rotatable bonds is 5. The molecule has 2 aromatic carbocycles. The van der Waals surface area contributed by atoms with Crippen molar-refractivity contribution < 1.29 is 4.79 Å². The van der Waals surface area contributed by atoms with E-state index in [2.05, 4.69) is 5.32 Å². The molecule has 3 nitrogen and oxygen atoms in total. The second-order valence-electron chi connectivity index (χ2n) is 5.65. The van der Waals surface area contributed by atoms with E-state index in [-0.39, 0.29) is 5.91 Å². The molecule has 0 aliphatic heterocycles. The van der Waals surface area contributed by atoms with Gasteiger partial charge in [-0.25, -0.2) is 0 Å². The fourth-order valence-corrected chi connectivity index (χ4v) is 2.31. The van der Waals surface area contributed by atoms with Gasteiger partial charge in [0.05, 0.1) is 5.41 Å². The quantitative estimate of drug-likeness (QED) is 0.886. The van der Waals surface area contributed by atoms with Crippen LogP contribution in [-0.2, 0) is 23.3 Å². The molecule has 0 spiro atoms. The lowest BCUT2D eigenvalue weighted by atomic mass is 9.83. The Balaban J connectivity index is 2.08. The fourth-order valence-electron chi connectivity index (χ4n) is 2.31. The average molecular weight is 282 g/mol. The minimum atomic E-state index is -0.557. The van der Waals surface area contributed by atoms with E-state index < -0.39 is 5.41 Å². The summed E-state index contributed by atoms with van der Waals surface area (Å²) in [5, 5.41) is 3.02. The maximum atomic E-state index is 12.5. The first-order chi connectivity index (χ1) is 10.1. The first-order valence-corrected chi connectivity index (χ1v) is 7.16. The third kappa shape index (κ3) is 3.50. The number of nitrogens with two attached hydrogens (primary N) is 1. The van der Waals surface area contributed by atoms with Gasteiger partial charge in [0.2, 0.25) is 5.91 Å². The Bertz CT molecular complexity index is 606. The lowest BCUT2D eigenvalue weighted by molar-refractivity contribution is -0.125. The fraction of sp³-hybridized carbons (Fsp3) is 0.278. The molecular formula is C18H22N2O. The molecule has 21 heavy (non-hydrogen) atoms. The zero-order valence-electron chi connectivity index (χ0n) is 12.6. The number of hydrogen-bond acceptors (Lipinski definition) is 2. The third-order valence-electron chi connectivity index (χ3n) is 3.84. The normalized spacial score (nSPS) is 11.2. The number of benzene rings is 2. The summed E-state index contributed by atoms with van der Waals surface area (Å²) < 4.78 is 0. The minimum absolute atomic E-state index is 0.0144. The number of nitrogens with one attached hydrogen (secondary N) is 1. The molecular weight excluding hydrogens is 260 g/mol. The molecule has 0 heterocycles. The molecule has 0 aromatic heterocycles. The zero-order chi connectivity index (χ0) is 15.3. The Morgan fingerprint density at radius 3 is 2.19 bits per heavy atom. The SMILES string of the molecule is CC(C)(C(=O)NCc1ccccc1CN)c1ccccc1. The van der Waals surface area contributed by atoms with Gasteiger partial charge in [0, 0.05) is 13.1 Å². The standard InChI is InChI=1S/C18H22N2O/c1-18(2,16-10-4-3-5-11-16)17(21)20-13-15-9-7-6-8-14(15)12-19/h3-11H,12-13,19H2,1-2H3,(H,20,21). The van der Waals surface area contributed by atoms with E-state index >= 15 is 0 Å². The molecule has 3 N–H and O–H groups in total. The summed E-state index contributed by atoms with van der Waals surface area (Å²) in [6.07, 6.45) is 0. The van der Waals surface area contributed by atoms with Crippen molar-refractivity contribution in [3.63, 3.8) is 0 Å². The Morgan fingerprint density at radius 1 is 1.00 bits per heavy atom. The highest BCUT2D eigenvalue weighted by molar-refractivity contribution is 5.87. The number of carbonyl (C=O) groups excluding carboxylic acids is 1. The lowest BCUT2D eigenvalue weighted by Crippen LogP contribution is -2.39. The highest BCUT2D eigenvalue weighted by Gasteiger charge is 2.29. The predicted molar refractivity (Wildman–Crippen MR) is 85.6 cm³/mol. The Labute approximate surface area is 126 Å². The van der Waals surface area contributed by atoms with E-state index in [9.17, 15) is 4.79 Å². The molecule has 0 saturated carbocycles. The summed E-state index contributed by atoms with van der Waals surface area (Å²) in [6, 6.07) is 17.7. The van der Waals surface area contributed by atoms with Crippen LogP contribution in [0.1, 0.15) is 30.5 Å². The van der Waals surface area contributed by atoms with E-state index in [1.165, 1.54) is 0 Å². The molecule has 0 unspecified atom stereocenters. The average Bonchev–Trinajstić information content (AvgIpc) is 2.53. The van der Waals surface area contributed by atoms with Crippen molar-refractivity contribution in [2.45, 2.75) is 32.4 Å². The van der Waals surface area contributed by atoms with Gasteiger partial charge in [-0.2, -0.15) is 0 Å². The largest absolute Gasteiger partial charge is 0.351 e. The molecule has 0 bridgehead atoms. The molecule has 0 atom stereocenters. The van der Waals surface area contributed by atoms with Crippen LogP contribution in [0.25, 0.3) is 0 Å². The molecule has 0 aliphatic rings. The van der Waals surface area contributed by atoms with Gasteiger partial charge in [0.1, 0.15) is 0 Å². The van der Waals surface area contributed by atoms with Gasteiger partial charge < -0.3 is 11.1 Å². The third-order valence-corrected chi connectivity index (χ3v) is 3.84. The van der Waals surface area contributed by atoms with Crippen molar-refractivity contribution in [2.24, 2.45) is 5.73 Å². The van der Waals surface area contributed by atoms with Gasteiger partial charge in [-0.05, 0) is 30.5 Å². The van der Waals surface area contributed by atoms with E-state index in [0.717, 1.165) is 16.7 Å². The van der Waals surface area contributed by atoms with Crippen LogP contribution < -0.4 is 11.1 Å². The van der Waals surface area contributed by atoms with Crippen molar-refractivity contribution in [3.8, 4) is 0 Å². The molecule has 3 heteroatoms. The van der Waals surface area contributed by atoms with Crippen molar-refractivity contribution in [1.29, 1.82) is 0 Å². The van der Waals surface area contributed by atoms with Crippen LogP contribution in [0.2, 0.25) is 0 Å². The second kappa shape index (κ2) is 6.55. The van der Waals surface area contributed by atoms with Gasteiger partial charge >= 0.3 is 0 Å². The molecule has 0 radical (unpaired) electrons. The van der Waals surface area contributed by atoms with Crippen molar-refractivity contribution >= 4 is 5.91 Å². The van der Waals surface area contributed by atoms with E-state index in [4.69, 9.17) is 5.73 Å². The van der Waals surface area contributed by atoms with Crippen LogP contribution in [0.4, 0.5) is 0 Å². The molecule has 1 amide bonds. The maximum absolute atomic E-state index is 12.5. The minimum Gasteiger partial charge on any atom is -0.351 e. The highest BCUT2D eigenvalue weighted by Crippen LogP contribution is 2.23. The van der Waals surface area contributed by atoms with Gasteiger partial charge in [0.15, 0.2) is 0 Å². The van der Waals surface area contributed by atoms with Crippen molar-refractivity contribution in [2.75, 3.05) is 0 Å². The Hall–Kier alpha value is -2.13. The number of hydrogen-bond donors (Lipinski definition) is 2. The maximum Gasteiger partial charge on any atom is 0.230 e. The monoisotopic (exact) mass is 282 g/mol. The predicted octanol–water partition coefficient (Wildman–Crippen LogP) is 2.74. The van der Waals surface area contributed by atoms with Crippen LogP contribution in [0, 0.1) is 0 Å². The number of amides is 1. The molecule has 0 fully saturated rings. The van der Waals surface area contributed by atoms with Crippen LogP contribution in [-0.4, -0.2) is 5.91 Å². The van der Waals surface area contributed by atoms with Gasteiger partial charge in [0.25, 0.3) is 0 Å². The summed E-state index contributed by atoms with van der Waals surface area (Å²) in [4.78, 5) is 12.5. The van der Waals surface area contributed by atoms with E-state index in [1.807, 2.05) is 68.4 Å². The smallest absolute Gasteiger partial charge is 0.230 e. The zero-order valence-corrected chi connectivity index (χ0v) is 12.6. The summed E-state index contributed by atoms with van der Waals surface area (Å²) in [6.45, 7) is 4.86. The molecule has 2 aromatic rings.